The van der Waals surface area contributed by atoms with Gasteiger partial charge in [0.15, 0.2) is 0 Å². The van der Waals surface area contributed by atoms with Gasteiger partial charge in [0.25, 0.3) is 0 Å². The average molecular weight is 574 g/mol. The predicted octanol–water partition coefficient (Wildman–Crippen LogP) is 6.82. The van der Waals surface area contributed by atoms with Gasteiger partial charge in [-0.2, -0.15) is 74.6 Å². The van der Waals surface area contributed by atoms with Gasteiger partial charge in [-0.15, -0.1) is 0 Å². The monoisotopic (exact) mass is 574 g/mol. The predicted molar refractivity (Wildman–Crippen MR) is 64.2 cm³/mol. The molecule has 0 saturated heterocycles. The molecule has 0 atom stereocenters. The standard InChI is InChI=1S/C10H4F17I/c11-3(12,1-2-28)4(13,14)5(15,16)6(17,18)7(19,20)8(21,22)9(23,24)10(25,26)27/h1-2H2. The third kappa shape index (κ3) is 3.47. The summed E-state index contributed by atoms with van der Waals surface area (Å²) in [5.74, 6) is -55.6. The van der Waals surface area contributed by atoms with Crippen molar-refractivity contribution in [3.63, 3.8) is 0 Å². The molecule has 0 aliphatic rings. The largest absolute Gasteiger partial charge is 0.460 e. The highest BCUT2D eigenvalue weighted by molar-refractivity contribution is 14.1. The third-order valence-electron chi connectivity index (χ3n) is 3.20. The summed E-state index contributed by atoms with van der Waals surface area (Å²) < 4.78 is 216. The topological polar surface area (TPSA) is 0 Å². The molecular weight excluding hydrogens is 570 g/mol. The number of rotatable bonds is 8. The fourth-order valence-corrected chi connectivity index (χ4v) is 2.15. The van der Waals surface area contributed by atoms with Gasteiger partial charge in [-0.25, -0.2) is 0 Å². The molecule has 0 heterocycles. The Kier molecular flexibility index (Phi) is 6.94. The Morgan fingerprint density at radius 2 is 0.643 bits per heavy atom. The van der Waals surface area contributed by atoms with Crippen LogP contribution in [0.3, 0.4) is 0 Å². The molecule has 0 radical (unpaired) electrons. The molecule has 0 nitrogen and oxygen atoms in total. The SMILES string of the molecule is FC(F)(F)C(F)(F)C(F)(F)C(F)(F)C(F)(F)C(F)(F)C(F)(F)C(F)(F)CCI. The van der Waals surface area contributed by atoms with Crippen molar-refractivity contribution in [2.24, 2.45) is 0 Å². The molecule has 0 N–H and O–H groups in total. The minimum Gasteiger partial charge on any atom is -0.200 e. The molecular formula is C10H4F17I. The van der Waals surface area contributed by atoms with Crippen molar-refractivity contribution >= 4 is 22.6 Å². The van der Waals surface area contributed by atoms with Crippen LogP contribution in [0.1, 0.15) is 6.42 Å². The smallest absolute Gasteiger partial charge is 0.200 e. The van der Waals surface area contributed by atoms with E-state index in [4.69, 9.17) is 0 Å². The molecule has 0 aliphatic carbocycles. The number of halogens is 18. The molecule has 0 aromatic carbocycles. The van der Waals surface area contributed by atoms with Gasteiger partial charge in [-0.3, -0.25) is 0 Å². The van der Waals surface area contributed by atoms with Crippen LogP contribution in [-0.2, 0) is 0 Å². The van der Waals surface area contributed by atoms with E-state index in [0.717, 1.165) is 22.6 Å². The minimum absolute atomic E-state index is 0.812. The highest BCUT2D eigenvalue weighted by Crippen LogP contribution is 2.64. The molecule has 0 unspecified atom stereocenters. The molecule has 0 amide bonds. The van der Waals surface area contributed by atoms with Crippen molar-refractivity contribution < 1.29 is 74.6 Å². The maximum atomic E-state index is 13.2. The number of alkyl halides is 18. The zero-order valence-corrected chi connectivity index (χ0v) is 14.4. The zero-order chi connectivity index (χ0) is 23.4. The van der Waals surface area contributed by atoms with E-state index in [2.05, 4.69) is 0 Å². The molecule has 0 aromatic rings. The van der Waals surface area contributed by atoms with Crippen molar-refractivity contribution in [3.8, 4) is 0 Å². The van der Waals surface area contributed by atoms with Crippen LogP contribution in [-0.4, -0.2) is 52.1 Å². The van der Waals surface area contributed by atoms with Crippen LogP contribution in [0.25, 0.3) is 0 Å². The molecule has 0 aliphatic heterocycles. The lowest BCUT2D eigenvalue weighted by atomic mass is 9.88. The normalized spacial score (nSPS) is 16.5. The van der Waals surface area contributed by atoms with Crippen LogP contribution in [0, 0.1) is 0 Å². The van der Waals surface area contributed by atoms with Crippen LogP contribution >= 0.6 is 22.6 Å². The second kappa shape index (κ2) is 7.05. The Morgan fingerprint density at radius 3 is 0.893 bits per heavy atom. The van der Waals surface area contributed by atoms with E-state index in [1.807, 2.05) is 0 Å². The van der Waals surface area contributed by atoms with E-state index >= 15 is 0 Å². The quantitative estimate of drug-likeness (QED) is 0.170. The summed E-state index contributed by atoms with van der Waals surface area (Å²) in [5, 5.41) is 0. The van der Waals surface area contributed by atoms with Gasteiger partial charge in [0.05, 0.1) is 0 Å². The van der Waals surface area contributed by atoms with Crippen LogP contribution in [0.2, 0.25) is 0 Å². The zero-order valence-electron chi connectivity index (χ0n) is 12.2. The van der Waals surface area contributed by atoms with E-state index in [1.165, 1.54) is 0 Å². The lowest BCUT2D eigenvalue weighted by Gasteiger charge is -2.42. The first-order valence-corrected chi connectivity index (χ1v) is 7.61. The lowest BCUT2D eigenvalue weighted by molar-refractivity contribution is -0.461. The first-order chi connectivity index (χ1) is 11.8. The van der Waals surface area contributed by atoms with E-state index in [-0.39, 0.29) is 0 Å². The molecule has 0 rings (SSSR count). The third-order valence-corrected chi connectivity index (χ3v) is 3.73. The molecule has 0 fully saturated rings. The average Bonchev–Trinajstić information content (AvgIpc) is 2.44. The summed E-state index contributed by atoms with van der Waals surface area (Å²) in [5.41, 5.74) is 0. The maximum absolute atomic E-state index is 13.2. The number of hydrogen-bond donors (Lipinski definition) is 0. The van der Waals surface area contributed by atoms with Gasteiger partial charge in [0.1, 0.15) is 0 Å². The van der Waals surface area contributed by atoms with Crippen molar-refractivity contribution in [1.82, 2.24) is 0 Å². The number of hydrogen-bond acceptors (Lipinski definition) is 0. The summed E-state index contributed by atoms with van der Waals surface area (Å²) in [6, 6.07) is 0. The molecule has 0 saturated carbocycles. The van der Waals surface area contributed by atoms with Crippen LogP contribution in [0.4, 0.5) is 74.6 Å². The van der Waals surface area contributed by atoms with Gasteiger partial charge < -0.3 is 0 Å². The van der Waals surface area contributed by atoms with Crippen molar-refractivity contribution in [1.29, 1.82) is 0 Å². The van der Waals surface area contributed by atoms with Gasteiger partial charge in [-0.05, 0) is 0 Å². The molecule has 28 heavy (non-hydrogen) atoms. The summed E-state index contributed by atoms with van der Waals surface area (Å²) in [4.78, 5) is 0. The van der Waals surface area contributed by atoms with Crippen molar-refractivity contribution in [3.05, 3.63) is 0 Å². The van der Waals surface area contributed by atoms with Crippen LogP contribution in [0.5, 0.6) is 0 Å². The van der Waals surface area contributed by atoms with Crippen LogP contribution in [0.15, 0.2) is 0 Å². The fourth-order valence-electron chi connectivity index (χ4n) is 1.47. The first-order valence-electron chi connectivity index (χ1n) is 6.08. The van der Waals surface area contributed by atoms with Gasteiger partial charge in [0.2, 0.25) is 0 Å². The summed E-state index contributed by atoms with van der Waals surface area (Å²) in [6.07, 6.45) is -10.1. The van der Waals surface area contributed by atoms with Crippen molar-refractivity contribution in [2.75, 3.05) is 4.43 Å². The molecule has 0 aromatic heterocycles. The molecule has 0 spiro atoms. The van der Waals surface area contributed by atoms with E-state index < -0.39 is 58.5 Å². The van der Waals surface area contributed by atoms with Gasteiger partial charge >= 0.3 is 47.6 Å². The molecule has 170 valence electrons. The minimum atomic E-state index is -8.56. The Hall–Kier alpha value is -0.460. The second-order valence-corrected chi connectivity index (χ2v) is 6.17. The highest BCUT2D eigenvalue weighted by atomic mass is 127. The van der Waals surface area contributed by atoms with Gasteiger partial charge in [-0.1, -0.05) is 22.6 Å². The second-order valence-electron chi connectivity index (χ2n) is 5.09. The Balaban J connectivity index is 6.63. The van der Waals surface area contributed by atoms with E-state index in [0.29, 0.717) is 0 Å². The maximum Gasteiger partial charge on any atom is 0.460 e. The molecule has 0 bridgehead atoms. The molecule has 18 heteroatoms. The van der Waals surface area contributed by atoms with E-state index in [1.54, 1.807) is 0 Å². The summed E-state index contributed by atoms with van der Waals surface area (Å²) in [7, 11) is 0. The fraction of sp³-hybridized carbons (Fsp3) is 1.00. The summed E-state index contributed by atoms with van der Waals surface area (Å²) in [6.45, 7) is 0. The summed E-state index contributed by atoms with van der Waals surface area (Å²) >= 11 is 0.812. The van der Waals surface area contributed by atoms with Gasteiger partial charge in [0, 0.05) is 10.8 Å². The Bertz CT molecular complexity index is 559. The Morgan fingerprint density at radius 1 is 0.393 bits per heavy atom. The van der Waals surface area contributed by atoms with E-state index in [9.17, 15) is 74.6 Å². The Labute approximate surface area is 156 Å². The van der Waals surface area contributed by atoms with Crippen molar-refractivity contribution in [2.45, 2.75) is 54.1 Å². The van der Waals surface area contributed by atoms with Crippen LogP contribution < -0.4 is 0 Å². The first kappa shape index (κ1) is 27.5. The highest BCUT2D eigenvalue weighted by Gasteiger charge is 2.95. The lowest BCUT2D eigenvalue weighted by Crippen LogP contribution is -2.74.